The van der Waals surface area contributed by atoms with Crippen LogP contribution in [0.2, 0.25) is 0 Å². The van der Waals surface area contributed by atoms with Crippen LogP contribution in [0.25, 0.3) is 0 Å². The smallest absolute Gasteiger partial charge is 0.450 e. The van der Waals surface area contributed by atoms with Crippen molar-refractivity contribution in [3.05, 3.63) is 35.4 Å². The van der Waals surface area contributed by atoms with Crippen molar-refractivity contribution in [3.63, 3.8) is 0 Å². The first-order valence-corrected chi connectivity index (χ1v) is 5.20. The zero-order valence-electron chi connectivity index (χ0n) is 9.58. The SMILES string of the molecule is CC1(OC(=O)O)CC(c2cccc(C#N)c2)=NO1. The number of nitriles is 1. The largest absolute Gasteiger partial charge is 0.509 e. The standard InChI is InChI=1S/C12H10N2O4/c1-12(17-11(15)16)6-10(14-18-12)9-4-2-3-8(5-9)7-13/h2-5H,6H2,1H3,(H,15,16). The maximum absolute atomic E-state index is 10.5. The highest BCUT2D eigenvalue weighted by molar-refractivity contribution is 6.01. The first kappa shape index (κ1) is 11.9. The molecule has 6 nitrogen and oxygen atoms in total. The maximum Gasteiger partial charge on any atom is 0.509 e. The Bertz CT molecular complexity index is 561. The summed E-state index contributed by atoms with van der Waals surface area (Å²) in [6.45, 7) is 1.49. The predicted molar refractivity (Wildman–Crippen MR) is 60.9 cm³/mol. The average molecular weight is 246 g/mol. The Kier molecular flexibility index (Phi) is 2.90. The van der Waals surface area contributed by atoms with Crippen LogP contribution >= 0.6 is 0 Å². The normalized spacial score (nSPS) is 21.7. The zero-order chi connectivity index (χ0) is 13.2. The van der Waals surface area contributed by atoms with Crippen LogP contribution < -0.4 is 0 Å². The van der Waals surface area contributed by atoms with Crippen LogP contribution in [0.1, 0.15) is 24.5 Å². The van der Waals surface area contributed by atoms with Gasteiger partial charge in [-0.1, -0.05) is 17.3 Å². The van der Waals surface area contributed by atoms with Crippen LogP contribution in [0.3, 0.4) is 0 Å². The third-order valence-corrected chi connectivity index (χ3v) is 2.47. The number of rotatable bonds is 2. The summed E-state index contributed by atoms with van der Waals surface area (Å²) in [5.41, 5.74) is 1.77. The van der Waals surface area contributed by atoms with Crippen LogP contribution in [-0.2, 0) is 9.57 Å². The van der Waals surface area contributed by atoms with E-state index in [-0.39, 0.29) is 6.42 Å². The highest BCUT2D eigenvalue weighted by Crippen LogP contribution is 2.27. The van der Waals surface area contributed by atoms with Gasteiger partial charge in [-0.15, -0.1) is 0 Å². The van der Waals surface area contributed by atoms with Gasteiger partial charge in [-0.3, -0.25) is 0 Å². The van der Waals surface area contributed by atoms with Crippen LogP contribution in [0.15, 0.2) is 29.4 Å². The van der Waals surface area contributed by atoms with Gasteiger partial charge < -0.3 is 14.7 Å². The van der Waals surface area contributed by atoms with E-state index in [1.807, 2.05) is 6.07 Å². The van der Waals surface area contributed by atoms with Gasteiger partial charge in [0, 0.05) is 12.5 Å². The highest BCUT2D eigenvalue weighted by Gasteiger charge is 2.38. The van der Waals surface area contributed by atoms with Gasteiger partial charge in [0.2, 0.25) is 0 Å². The van der Waals surface area contributed by atoms with Crippen LogP contribution in [0.5, 0.6) is 0 Å². The van der Waals surface area contributed by atoms with Crippen LogP contribution in [0, 0.1) is 11.3 Å². The molecule has 1 N–H and O–H groups in total. The lowest BCUT2D eigenvalue weighted by atomic mass is 10.0. The summed E-state index contributed by atoms with van der Waals surface area (Å²) in [6.07, 6.45) is -1.21. The summed E-state index contributed by atoms with van der Waals surface area (Å²) in [5.74, 6) is -1.30. The molecule has 0 aliphatic carbocycles. The van der Waals surface area contributed by atoms with E-state index < -0.39 is 11.9 Å². The predicted octanol–water partition coefficient (Wildman–Crippen LogP) is 2.09. The number of carbonyl (C=O) groups is 1. The molecule has 6 heteroatoms. The van der Waals surface area contributed by atoms with E-state index in [2.05, 4.69) is 9.89 Å². The number of nitrogens with zero attached hydrogens (tertiary/aromatic N) is 2. The monoisotopic (exact) mass is 246 g/mol. The molecular weight excluding hydrogens is 236 g/mol. The molecule has 1 unspecified atom stereocenters. The molecule has 0 radical (unpaired) electrons. The molecule has 0 saturated carbocycles. The number of hydrogen-bond acceptors (Lipinski definition) is 5. The molecule has 0 fully saturated rings. The number of oxime groups is 1. The van der Waals surface area contributed by atoms with Crippen molar-refractivity contribution in [1.29, 1.82) is 5.26 Å². The lowest BCUT2D eigenvalue weighted by molar-refractivity contribution is -0.180. The molecule has 0 amide bonds. The van der Waals surface area contributed by atoms with E-state index >= 15 is 0 Å². The maximum atomic E-state index is 10.5. The molecule has 1 aromatic carbocycles. The van der Waals surface area contributed by atoms with E-state index in [0.29, 0.717) is 16.8 Å². The second kappa shape index (κ2) is 4.37. The molecule has 1 aliphatic rings. The molecule has 18 heavy (non-hydrogen) atoms. The first-order chi connectivity index (χ1) is 8.52. The molecule has 1 aliphatic heterocycles. The number of ether oxygens (including phenoxy) is 1. The number of carboxylic acid groups (broad SMARTS) is 1. The minimum absolute atomic E-state index is 0.203. The summed E-state index contributed by atoms with van der Waals surface area (Å²) >= 11 is 0. The van der Waals surface area contributed by atoms with Gasteiger partial charge in [0.25, 0.3) is 5.79 Å². The lowest BCUT2D eigenvalue weighted by Crippen LogP contribution is -2.31. The summed E-state index contributed by atoms with van der Waals surface area (Å²) < 4.78 is 4.62. The lowest BCUT2D eigenvalue weighted by Gasteiger charge is -2.19. The second-order valence-electron chi connectivity index (χ2n) is 4.00. The summed E-state index contributed by atoms with van der Waals surface area (Å²) in [6, 6.07) is 8.86. The third-order valence-electron chi connectivity index (χ3n) is 2.47. The fraction of sp³-hybridized carbons (Fsp3) is 0.250. The van der Waals surface area contributed by atoms with E-state index in [4.69, 9.17) is 15.2 Å². The minimum Gasteiger partial charge on any atom is -0.450 e. The van der Waals surface area contributed by atoms with Crippen molar-refractivity contribution in [2.45, 2.75) is 19.1 Å². The van der Waals surface area contributed by atoms with Gasteiger partial charge in [-0.25, -0.2) is 4.79 Å². The van der Waals surface area contributed by atoms with Crippen molar-refractivity contribution in [2.75, 3.05) is 0 Å². The average Bonchev–Trinajstić information content (AvgIpc) is 2.70. The van der Waals surface area contributed by atoms with Gasteiger partial charge in [0.05, 0.1) is 23.8 Å². The van der Waals surface area contributed by atoms with Crippen LogP contribution in [0.4, 0.5) is 4.79 Å². The van der Waals surface area contributed by atoms with E-state index in [1.165, 1.54) is 6.92 Å². The van der Waals surface area contributed by atoms with E-state index in [0.717, 1.165) is 0 Å². The Morgan fingerprint density at radius 1 is 1.67 bits per heavy atom. The topological polar surface area (TPSA) is 91.9 Å². The fourth-order valence-electron chi connectivity index (χ4n) is 1.68. The summed E-state index contributed by atoms with van der Waals surface area (Å²) in [7, 11) is 0. The van der Waals surface area contributed by atoms with Crippen LogP contribution in [-0.4, -0.2) is 22.8 Å². The molecule has 0 saturated heterocycles. The van der Waals surface area contributed by atoms with Gasteiger partial charge in [0.15, 0.2) is 0 Å². The molecule has 2 rings (SSSR count). The number of benzene rings is 1. The van der Waals surface area contributed by atoms with Gasteiger partial charge >= 0.3 is 6.16 Å². The van der Waals surface area contributed by atoms with Crippen molar-refractivity contribution in [2.24, 2.45) is 5.16 Å². The number of hydrogen-bond donors (Lipinski definition) is 1. The quantitative estimate of drug-likeness (QED) is 0.806. The molecule has 0 bridgehead atoms. The van der Waals surface area contributed by atoms with Crippen molar-refractivity contribution < 1.29 is 19.5 Å². The highest BCUT2D eigenvalue weighted by atomic mass is 16.8. The van der Waals surface area contributed by atoms with Gasteiger partial charge in [0.1, 0.15) is 0 Å². The fourth-order valence-corrected chi connectivity index (χ4v) is 1.68. The van der Waals surface area contributed by atoms with Crippen molar-refractivity contribution in [3.8, 4) is 6.07 Å². The molecule has 0 spiro atoms. The van der Waals surface area contributed by atoms with E-state index in [9.17, 15) is 4.79 Å². The Morgan fingerprint density at radius 3 is 3.11 bits per heavy atom. The van der Waals surface area contributed by atoms with Crippen molar-refractivity contribution >= 4 is 11.9 Å². The first-order valence-electron chi connectivity index (χ1n) is 5.20. The summed E-state index contributed by atoms with van der Waals surface area (Å²) in [5, 5.41) is 21.2. The molecule has 92 valence electrons. The molecule has 0 aromatic heterocycles. The Morgan fingerprint density at radius 2 is 2.44 bits per heavy atom. The minimum atomic E-state index is -1.42. The molecule has 1 heterocycles. The zero-order valence-corrected chi connectivity index (χ0v) is 9.58. The Labute approximate surface area is 103 Å². The van der Waals surface area contributed by atoms with Gasteiger partial charge in [-0.05, 0) is 12.1 Å². The second-order valence-corrected chi connectivity index (χ2v) is 4.00. The summed E-state index contributed by atoms with van der Waals surface area (Å²) in [4.78, 5) is 15.5. The Hall–Kier alpha value is -2.55. The van der Waals surface area contributed by atoms with Gasteiger partial charge in [-0.2, -0.15) is 5.26 Å². The van der Waals surface area contributed by atoms with Crippen molar-refractivity contribution in [1.82, 2.24) is 0 Å². The Balaban J connectivity index is 2.17. The molecular formula is C12H10N2O4. The molecule has 1 atom stereocenters. The molecule has 1 aromatic rings. The van der Waals surface area contributed by atoms with E-state index in [1.54, 1.807) is 24.3 Å². The third kappa shape index (κ3) is 2.40.